The van der Waals surface area contributed by atoms with Crippen LogP contribution in [0.3, 0.4) is 0 Å². The summed E-state index contributed by atoms with van der Waals surface area (Å²) in [6.07, 6.45) is 2.03. The maximum absolute atomic E-state index is 10.6. The third-order valence-electron chi connectivity index (χ3n) is 2.69. The molecule has 94 valence electrons. The highest BCUT2D eigenvalue weighted by atomic mass is 35.5. The Hall–Kier alpha value is -1.81. The molecule has 0 radical (unpaired) electrons. The molecule has 0 aliphatic rings. The second kappa shape index (κ2) is 5.23. The van der Waals surface area contributed by atoms with Gasteiger partial charge >= 0.3 is 5.97 Å². The largest absolute Gasteiger partial charge is 0.497 e. The fourth-order valence-electron chi connectivity index (χ4n) is 1.72. The van der Waals surface area contributed by atoms with E-state index in [1.165, 1.54) is 0 Å². The number of carboxylic acid groups (broad SMARTS) is 1. The number of fused-ring (bicyclic) bond motifs is 1. The van der Waals surface area contributed by atoms with Crippen molar-refractivity contribution in [2.45, 2.75) is 12.8 Å². The van der Waals surface area contributed by atoms with Gasteiger partial charge in [-0.05, 0) is 30.2 Å². The lowest BCUT2D eigenvalue weighted by atomic mass is 10.1. The van der Waals surface area contributed by atoms with E-state index < -0.39 is 5.97 Å². The maximum Gasteiger partial charge on any atom is 0.303 e. The van der Waals surface area contributed by atoms with Gasteiger partial charge in [0.25, 0.3) is 0 Å². The van der Waals surface area contributed by atoms with Crippen molar-refractivity contribution < 1.29 is 14.6 Å². The van der Waals surface area contributed by atoms with Crippen molar-refractivity contribution in [1.29, 1.82) is 0 Å². The van der Waals surface area contributed by atoms with Crippen LogP contribution in [0.15, 0.2) is 24.4 Å². The molecular weight excluding hydrogens is 254 g/mol. The van der Waals surface area contributed by atoms with Crippen LogP contribution in [0.2, 0.25) is 5.02 Å². The molecule has 0 saturated carbocycles. The third kappa shape index (κ3) is 2.54. The highest BCUT2D eigenvalue weighted by Crippen LogP contribution is 2.29. The Bertz CT molecular complexity index is 598. The zero-order valence-corrected chi connectivity index (χ0v) is 10.6. The van der Waals surface area contributed by atoms with Gasteiger partial charge in [-0.25, -0.2) is 0 Å². The molecule has 1 aromatic heterocycles. The van der Waals surface area contributed by atoms with Crippen LogP contribution in [-0.4, -0.2) is 23.2 Å². The van der Waals surface area contributed by atoms with Crippen LogP contribution in [0.1, 0.15) is 12.0 Å². The van der Waals surface area contributed by atoms with E-state index in [1.807, 2.05) is 12.1 Å². The number of nitrogens with zero attached hydrogens (tertiary/aromatic N) is 1. The number of halogens is 1. The summed E-state index contributed by atoms with van der Waals surface area (Å²) in [4.78, 5) is 14.8. The number of benzene rings is 1. The SMILES string of the molecule is COc1ccc2ncc(CCC(=O)O)c(Cl)c2c1. The van der Waals surface area contributed by atoms with Gasteiger partial charge in [0.1, 0.15) is 5.75 Å². The van der Waals surface area contributed by atoms with Gasteiger partial charge in [-0.15, -0.1) is 0 Å². The second-order valence-corrected chi connectivity index (χ2v) is 4.25. The number of aliphatic carboxylic acids is 1. The van der Waals surface area contributed by atoms with Gasteiger partial charge < -0.3 is 9.84 Å². The van der Waals surface area contributed by atoms with Crippen molar-refractivity contribution in [3.8, 4) is 5.75 Å². The van der Waals surface area contributed by atoms with Gasteiger partial charge in [0.15, 0.2) is 0 Å². The first-order valence-corrected chi connectivity index (χ1v) is 5.82. The molecule has 0 spiro atoms. The zero-order valence-electron chi connectivity index (χ0n) is 9.81. The van der Waals surface area contributed by atoms with Gasteiger partial charge in [-0.2, -0.15) is 0 Å². The fraction of sp³-hybridized carbons (Fsp3) is 0.231. The number of carbonyl (C=O) groups is 1. The molecule has 5 heteroatoms. The first kappa shape index (κ1) is 12.6. The maximum atomic E-state index is 10.6. The Kier molecular flexibility index (Phi) is 3.67. The molecule has 18 heavy (non-hydrogen) atoms. The summed E-state index contributed by atoms with van der Waals surface area (Å²) >= 11 is 6.27. The number of pyridine rings is 1. The smallest absolute Gasteiger partial charge is 0.303 e. The number of ether oxygens (including phenoxy) is 1. The van der Waals surface area contributed by atoms with Gasteiger partial charge in [-0.3, -0.25) is 9.78 Å². The lowest BCUT2D eigenvalue weighted by Crippen LogP contribution is -1.99. The summed E-state index contributed by atoms with van der Waals surface area (Å²) in [7, 11) is 1.58. The van der Waals surface area contributed by atoms with Crippen LogP contribution in [0, 0.1) is 0 Å². The van der Waals surface area contributed by atoms with E-state index in [0.717, 1.165) is 16.5 Å². The van der Waals surface area contributed by atoms with Gasteiger partial charge in [0.05, 0.1) is 17.6 Å². The van der Waals surface area contributed by atoms with E-state index in [0.29, 0.717) is 17.2 Å². The number of aromatic nitrogens is 1. The van der Waals surface area contributed by atoms with Crippen molar-refractivity contribution in [2.24, 2.45) is 0 Å². The van der Waals surface area contributed by atoms with E-state index in [2.05, 4.69) is 4.98 Å². The van der Waals surface area contributed by atoms with E-state index in [-0.39, 0.29) is 6.42 Å². The molecule has 2 rings (SSSR count). The topological polar surface area (TPSA) is 59.4 Å². The standard InChI is InChI=1S/C13H12ClNO3/c1-18-9-3-4-11-10(6-9)13(14)8(7-15-11)2-5-12(16)17/h3-4,6-7H,2,5H2,1H3,(H,16,17). The molecule has 4 nitrogen and oxygen atoms in total. The van der Waals surface area contributed by atoms with Crippen molar-refractivity contribution in [3.05, 3.63) is 35.0 Å². The number of rotatable bonds is 4. The minimum atomic E-state index is -0.850. The number of carboxylic acids is 1. The molecule has 0 amide bonds. The van der Waals surface area contributed by atoms with Crippen LogP contribution < -0.4 is 4.74 Å². The summed E-state index contributed by atoms with van der Waals surface area (Å²) in [6, 6.07) is 5.43. The van der Waals surface area contributed by atoms with Crippen molar-refractivity contribution in [3.63, 3.8) is 0 Å². The number of hydrogen-bond acceptors (Lipinski definition) is 3. The highest BCUT2D eigenvalue weighted by molar-refractivity contribution is 6.36. The lowest BCUT2D eigenvalue weighted by Gasteiger charge is -2.07. The lowest BCUT2D eigenvalue weighted by molar-refractivity contribution is -0.136. The minimum absolute atomic E-state index is 0.0386. The average Bonchev–Trinajstić information content (AvgIpc) is 2.37. The molecule has 0 unspecified atom stereocenters. The summed E-state index contributed by atoms with van der Waals surface area (Å²) < 4.78 is 5.13. The Labute approximate surface area is 109 Å². The first-order chi connectivity index (χ1) is 8.61. The normalized spacial score (nSPS) is 10.6. The number of hydrogen-bond donors (Lipinski definition) is 1. The molecule has 1 aromatic carbocycles. The Morgan fingerprint density at radius 1 is 1.50 bits per heavy atom. The number of methoxy groups -OCH3 is 1. The second-order valence-electron chi connectivity index (χ2n) is 3.87. The van der Waals surface area contributed by atoms with E-state index in [1.54, 1.807) is 19.4 Å². The van der Waals surface area contributed by atoms with E-state index >= 15 is 0 Å². The molecular formula is C13H12ClNO3. The predicted octanol–water partition coefficient (Wildman–Crippen LogP) is 2.91. The summed E-state index contributed by atoms with van der Waals surface area (Å²) in [5, 5.41) is 10.00. The highest BCUT2D eigenvalue weighted by Gasteiger charge is 2.09. The Morgan fingerprint density at radius 2 is 2.28 bits per heavy atom. The fourth-order valence-corrected chi connectivity index (χ4v) is 2.02. The van der Waals surface area contributed by atoms with Crippen molar-refractivity contribution >= 4 is 28.5 Å². The van der Waals surface area contributed by atoms with Crippen LogP contribution >= 0.6 is 11.6 Å². The molecule has 0 fully saturated rings. The molecule has 2 aromatic rings. The van der Waals surface area contributed by atoms with Crippen LogP contribution in [-0.2, 0) is 11.2 Å². The average molecular weight is 266 g/mol. The molecule has 1 N–H and O–H groups in total. The Balaban J connectivity index is 2.44. The molecule has 0 bridgehead atoms. The first-order valence-electron chi connectivity index (χ1n) is 5.44. The van der Waals surface area contributed by atoms with Crippen molar-refractivity contribution in [1.82, 2.24) is 4.98 Å². The quantitative estimate of drug-likeness (QED) is 0.923. The van der Waals surface area contributed by atoms with Gasteiger partial charge in [0.2, 0.25) is 0 Å². The summed E-state index contributed by atoms with van der Waals surface area (Å²) in [5.74, 6) is -0.154. The molecule has 0 aliphatic carbocycles. The van der Waals surface area contributed by atoms with E-state index in [4.69, 9.17) is 21.4 Å². The third-order valence-corrected chi connectivity index (χ3v) is 3.14. The summed E-state index contributed by atoms with van der Waals surface area (Å²) in [5.41, 5.74) is 1.50. The van der Waals surface area contributed by atoms with Crippen LogP contribution in [0.4, 0.5) is 0 Å². The molecule has 0 atom stereocenters. The van der Waals surface area contributed by atoms with E-state index in [9.17, 15) is 4.79 Å². The number of aryl methyl sites for hydroxylation is 1. The minimum Gasteiger partial charge on any atom is -0.497 e. The summed E-state index contributed by atoms with van der Waals surface area (Å²) in [6.45, 7) is 0. The predicted molar refractivity (Wildman–Crippen MR) is 69.3 cm³/mol. The van der Waals surface area contributed by atoms with Crippen LogP contribution in [0.5, 0.6) is 5.75 Å². The molecule has 0 saturated heterocycles. The Morgan fingerprint density at radius 3 is 2.94 bits per heavy atom. The van der Waals surface area contributed by atoms with Gasteiger partial charge in [0, 0.05) is 18.0 Å². The van der Waals surface area contributed by atoms with Crippen molar-refractivity contribution in [2.75, 3.05) is 7.11 Å². The van der Waals surface area contributed by atoms with Crippen LogP contribution in [0.25, 0.3) is 10.9 Å². The monoisotopic (exact) mass is 265 g/mol. The zero-order chi connectivity index (χ0) is 13.1. The molecule has 0 aliphatic heterocycles. The molecule has 1 heterocycles. The van der Waals surface area contributed by atoms with Gasteiger partial charge in [-0.1, -0.05) is 11.6 Å².